The SMILES string of the molecule is O=C(O)c1ccc(N2C(=O)/C(=C/c3ccc(Cl)c(Cl)c3)SC2=S)cc1. The summed E-state index contributed by atoms with van der Waals surface area (Å²) < 4.78 is 0.374. The summed E-state index contributed by atoms with van der Waals surface area (Å²) in [7, 11) is 0. The number of thioether (sulfide) groups is 1. The molecule has 1 saturated heterocycles. The fourth-order valence-electron chi connectivity index (χ4n) is 2.20. The lowest BCUT2D eigenvalue weighted by Crippen LogP contribution is -2.27. The summed E-state index contributed by atoms with van der Waals surface area (Å²) in [4.78, 5) is 25.4. The van der Waals surface area contributed by atoms with Crippen LogP contribution in [0.25, 0.3) is 6.08 Å². The van der Waals surface area contributed by atoms with E-state index in [0.717, 1.165) is 5.56 Å². The molecule has 0 spiro atoms. The van der Waals surface area contributed by atoms with Crippen molar-refractivity contribution < 1.29 is 14.7 Å². The van der Waals surface area contributed by atoms with Crippen LogP contribution >= 0.6 is 47.2 Å². The molecule has 0 bridgehead atoms. The van der Waals surface area contributed by atoms with Crippen molar-refractivity contribution >= 4 is 75.1 Å². The van der Waals surface area contributed by atoms with Gasteiger partial charge in [-0.1, -0.05) is 53.2 Å². The van der Waals surface area contributed by atoms with Gasteiger partial charge in [-0.15, -0.1) is 0 Å². The standard InChI is InChI=1S/C17H9Cl2NO3S2/c18-12-6-1-9(7-13(12)19)8-14-15(21)20(17(24)25-14)11-4-2-10(3-5-11)16(22)23/h1-8H,(H,22,23)/b14-8-. The molecule has 1 aliphatic heterocycles. The molecular formula is C17H9Cl2NO3S2. The predicted molar refractivity (Wildman–Crippen MR) is 106 cm³/mol. The van der Waals surface area contributed by atoms with Crippen molar-refractivity contribution in [2.75, 3.05) is 4.90 Å². The maximum Gasteiger partial charge on any atom is 0.335 e. The van der Waals surface area contributed by atoms with E-state index in [1.807, 2.05) is 0 Å². The molecular weight excluding hydrogens is 401 g/mol. The van der Waals surface area contributed by atoms with Gasteiger partial charge in [-0.05, 0) is 48.0 Å². The van der Waals surface area contributed by atoms with E-state index in [1.54, 1.807) is 36.4 Å². The Balaban J connectivity index is 1.90. The summed E-state index contributed by atoms with van der Waals surface area (Å²) in [5.41, 5.74) is 1.39. The molecule has 0 aromatic heterocycles. The lowest BCUT2D eigenvalue weighted by atomic mass is 10.2. The number of hydrogen-bond acceptors (Lipinski definition) is 4. The largest absolute Gasteiger partial charge is 0.478 e. The first-order chi connectivity index (χ1) is 11.9. The first-order valence-electron chi connectivity index (χ1n) is 6.93. The van der Waals surface area contributed by atoms with Crippen molar-refractivity contribution in [3.63, 3.8) is 0 Å². The third-order valence-electron chi connectivity index (χ3n) is 3.41. The van der Waals surface area contributed by atoms with Crippen LogP contribution in [0.2, 0.25) is 10.0 Å². The minimum atomic E-state index is -1.03. The van der Waals surface area contributed by atoms with E-state index in [4.69, 9.17) is 40.5 Å². The molecule has 1 aliphatic rings. The molecule has 1 fully saturated rings. The van der Waals surface area contributed by atoms with Crippen LogP contribution in [0.3, 0.4) is 0 Å². The second-order valence-corrected chi connectivity index (χ2v) is 7.53. The van der Waals surface area contributed by atoms with Crippen LogP contribution in [-0.2, 0) is 4.79 Å². The third-order valence-corrected chi connectivity index (χ3v) is 5.45. The fourth-order valence-corrected chi connectivity index (χ4v) is 3.80. The molecule has 0 unspecified atom stereocenters. The van der Waals surface area contributed by atoms with Crippen LogP contribution in [0.5, 0.6) is 0 Å². The number of carbonyl (C=O) groups is 2. The van der Waals surface area contributed by atoms with Gasteiger partial charge in [0.25, 0.3) is 5.91 Å². The van der Waals surface area contributed by atoms with Gasteiger partial charge in [0.05, 0.1) is 26.2 Å². The van der Waals surface area contributed by atoms with Gasteiger partial charge < -0.3 is 5.11 Å². The molecule has 0 saturated carbocycles. The van der Waals surface area contributed by atoms with Crippen LogP contribution < -0.4 is 4.90 Å². The Morgan fingerprint density at radius 2 is 1.80 bits per heavy atom. The summed E-state index contributed by atoms with van der Waals surface area (Å²) in [6.07, 6.45) is 1.69. The van der Waals surface area contributed by atoms with Crippen molar-refractivity contribution in [1.29, 1.82) is 0 Å². The molecule has 0 aliphatic carbocycles. The number of thiocarbonyl (C=S) groups is 1. The van der Waals surface area contributed by atoms with E-state index in [1.165, 1.54) is 28.8 Å². The lowest BCUT2D eigenvalue weighted by Gasteiger charge is -2.14. The molecule has 0 atom stereocenters. The molecule has 4 nitrogen and oxygen atoms in total. The summed E-state index contributed by atoms with van der Waals surface area (Å²) in [5.74, 6) is -1.31. The van der Waals surface area contributed by atoms with Crippen LogP contribution in [0.4, 0.5) is 5.69 Å². The number of rotatable bonds is 3. The highest BCUT2D eigenvalue weighted by Gasteiger charge is 2.33. The monoisotopic (exact) mass is 409 g/mol. The second kappa shape index (κ2) is 7.17. The highest BCUT2D eigenvalue weighted by atomic mass is 35.5. The topological polar surface area (TPSA) is 57.6 Å². The number of carbonyl (C=O) groups excluding carboxylic acids is 1. The Morgan fingerprint density at radius 3 is 2.40 bits per heavy atom. The van der Waals surface area contributed by atoms with Gasteiger partial charge in [0.2, 0.25) is 0 Å². The van der Waals surface area contributed by atoms with Crippen molar-refractivity contribution in [3.05, 3.63) is 68.5 Å². The van der Waals surface area contributed by atoms with Crippen molar-refractivity contribution in [3.8, 4) is 0 Å². The first kappa shape index (κ1) is 17.9. The maximum absolute atomic E-state index is 12.7. The van der Waals surface area contributed by atoms with Crippen molar-refractivity contribution in [2.24, 2.45) is 0 Å². The molecule has 1 N–H and O–H groups in total. The smallest absolute Gasteiger partial charge is 0.335 e. The number of nitrogens with zero attached hydrogens (tertiary/aromatic N) is 1. The summed E-state index contributed by atoms with van der Waals surface area (Å²) in [5, 5.41) is 9.79. The normalized spacial score (nSPS) is 15.9. The molecule has 2 aromatic rings. The molecule has 0 radical (unpaired) electrons. The summed E-state index contributed by atoms with van der Waals surface area (Å²) in [6.45, 7) is 0. The van der Waals surface area contributed by atoms with E-state index >= 15 is 0 Å². The van der Waals surface area contributed by atoms with E-state index in [-0.39, 0.29) is 11.5 Å². The number of carboxylic acid groups (broad SMARTS) is 1. The Kier molecular flexibility index (Phi) is 5.15. The van der Waals surface area contributed by atoms with Crippen LogP contribution in [-0.4, -0.2) is 21.3 Å². The number of amides is 1. The zero-order chi connectivity index (χ0) is 18.1. The Bertz CT molecular complexity index is 926. The number of hydrogen-bond donors (Lipinski definition) is 1. The van der Waals surface area contributed by atoms with Gasteiger partial charge in [-0.3, -0.25) is 9.69 Å². The Labute approximate surface area is 163 Å². The molecule has 1 heterocycles. The summed E-state index contributed by atoms with van der Waals surface area (Å²) >= 11 is 18.3. The quantitative estimate of drug-likeness (QED) is 0.564. The highest BCUT2D eigenvalue weighted by Crippen LogP contribution is 2.36. The number of carboxylic acids is 1. The van der Waals surface area contributed by atoms with E-state index < -0.39 is 5.97 Å². The molecule has 2 aromatic carbocycles. The molecule has 3 rings (SSSR count). The molecule has 8 heteroatoms. The molecule has 126 valence electrons. The van der Waals surface area contributed by atoms with E-state index in [0.29, 0.717) is 25.0 Å². The van der Waals surface area contributed by atoms with E-state index in [9.17, 15) is 9.59 Å². The summed E-state index contributed by atoms with van der Waals surface area (Å²) in [6, 6.07) is 11.0. The van der Waals surface area contributed by atoms with Gasteiger partial charge >= 0.3 is 5.97 Å². The van der Waals surface area contributed by atoms with Gasteiger partial charge in [0.15, 0.2) is 4.32 Å². The van der Waals surface area contributed by atoms with Crippen LogP contribution in [0, 0.1) is 0 Å². The highest BCUT2D eigenvalue weighted by molar-refractivity contribution is 8.27. The average molecular weight is 410 g/mol. The zero-order valence-corrected chi connectivity index (χ0v) is 15.5. The number of aromatic carboxylic acids is 1. The predicted octanol–water partition coefficient (Wildman–Crippen LogP) is 5.10. The lowest BCUT2D eigenvalue weighted by molar-refractivity contribution is -0.113. The van der Waals surface area contributed by atoms with Crippen molar-refractivity contribution in [2.45, 2.75) is 0 Å². The first-order valence-corrected chi connectivity index (χ1v) is 8.91. The van der Waals surface area contributed by atoms with Crippen molar-refractivity contribution in [1.82, 2.24) is 0 Å². The Morgan fingerprint density at radius 1 is 1.12 bits per heavy atom. The molecule has 1 amide bonds. The van der Waals surface area contributed by atoms with Crippen LogP contribution in [0.15, 0.2) is 47.4 Å². The van der Waals surface area contributed by atoms with Gasteiger partial charge in [-0.2, -0.15) is 0 Å². The maximum atomic E-state index is 12.7. The minimum absolute atomic E-state index is 0.139. The Hall–Kier alpha value is -1.86. The zero-order valence-electron chi connectivity index (χ0n) is 12.4. The number of benzene rings is 2. The minimum Gasteiger partial charge on any atom is -0.478 e. The van der Waals surface area contributed by atoms with E-state index in [2.05, 4.69) is 0 Å². The average Bonchev–Trinajstić information content (AvgIpc) is 2.85. The van der Waals surface area contributed by atoms with Gasteiger partial charge in [0.1, 0.15) is 0 Å². The third kappa shape index (κ3) is 3.72. The number of anilines is 1. The van der Waals surface area contributed by atoms with Crippen LogP contribution in [0.1, 0.15) is 15.9 Å². The van der Waals surface area contributed by atoms with Gasteiger partial charge in [0, 0.05) is 0 Å². The second-order valence-electron chi connectivity index (χ2n) is 5.04. The molecule has 25 heavy (non-hydrogen) atoms. The number of halogens is 2. The van der Waals surface area contributed by atoms with Gasteiger partial charge in [-0.25, -0.2) is 4.79 Å². The fraction of sp³-hybridized carbons (Fsp3) is 0.